The molecule has 0 spiro atoms. The van der Waals surface area contributed by atoms with Crippen molar-refractivity contribution >= 4 is 17.0 Å². The first-order valence-electron chi connectivity index (χ1n) is 3.35. The number of aromatic amines is 1. The number of anilines is 1. The fraction of sp³-hybridized carbons (Fsp3) is 0.167. The number of nitrogens with zero attached hydrogens (tertiary/aromatic N) is 3. The first-order valence-corrected chi connectivity index (χ1v) is 3.35. The van der Waals surface area contributed by atoms with E-state index >= 15 is 0 Å². The van der Waals surface area contributed by atoms with Crippen LogP contribution in [0.4, 0.5) is 5.82 Å². The molecule has 2 aromatic heterocycles. The van der Waals surface area contributed by atoms with Crippen molar-refractivity contribution in [3.05, 3.63) is 16.8 Å². The SMILES string of the molecule is Cn1c(N)c2[nH]cnc2nc1=O.O.O. The quantitative estimate of drug-likeness (QED) is 0.487. The Kier molecular flexibility index (Phi) is 3.32. The van der Waals surface area contributed by atoms with E-state index in [0.29, 0.717) is 17.0 Å². The smallest absolute Gasteiger partial charge is 0.351 e. The molecule has 0 saturated carbocycles. The van der Waals surface area contributed by atoms with Crippen molar-refractivity contribution in [2.45, 2.75) is 0 Å². The Balaban J connectivity index is 0.000000845. The average Bonchev–Trinajstić information content (AvgIpc) is 2.48. The summed E-state index contributed by atoms with van der Waals surface area (Å²) in [7, 11) is 1.56. The fourth-order valence-corrected chi connectivity index (χ4v) is 0.997. The van der Waals surface area contributed by atoms with Gasteiger partial charge in [-0.25, -0.2) is 9.78 Å². The van der Waals surface area contributed by atoms with Crippen molar-refractivity contribution in [2.24, 2.45) is 7.05 Å². The Labute approximate surface area is 78.0 Å². The van der Waals surface area contributed by atoms with Crippen molar-refractivity contribution in [2.75, 3.05) is 5.73 Å². The lowest BCUT2D eigenvalue weighted by atomic mass is 10.5. The van der Waals surface area contributed by atoms with E-state index in [-0.39, 0.29) is 11.0 Å². The number of H-pyrrole nitrogens is 1. The summed E-state index contributed by atoms with van der Waals surface area (Å²) in [6.45, 7) is 0. The lowest BCUT2D eigenvalue weighted by molar-refractivity contribution is 0.823. The van der Waals surface area contributed by atoms with E-state index in [1.54, 1.807) is 7.05 Å². The highest BCUT2D eigenvalue weighted by molar-refractivity contribution is 5.80. The van der Waals surface area contributed by atoms with E-state index in [0.717, 1.165) is 0 Å². The molecule has 0 saturated heterocycles. The molecule has 0 atom stereocenters. The maximum Gasteiger partial charge on any atom is 0.351 e. The number of hydrogen-bond acceptors (Lipinski definition) is 4. The molecule has 0 radical (unpaired) electrons. The number of fused-ring (bicyclic) bond motifs is 1. The molecule has 0 amide bonds. The van der Waals surface area contributed by atoms with Gasteiger partial charge in [-0.2, -0.15) is 4.98 Å². The maximum absolute atomic E-state index is 11.1. The molecule has 2 heterocycles. The Hall–Kier alpha value is -1.93. The number of hydrogen-bond donors (Lipinski definition) is 2. The van der Waals surface area contributed by atoms with Crippen LogP contribution < -0.4 is 11.4 Å². The van der Waals surface area contributed by atoms with Gasteiger partial charge < -0.3 is 21.7 Å². The molecule has 78 valence electrons. The Morgan fingerprint density at radius 2 is 2.14 bits per heavy atom. The number of nitrogen functional groups attached to an aromatic ring is 1. The van der Waals surface area contributed by atoms with Crippen LogP contribution in [0.2, 0.25) is 0 Å². The summed E-state index contributed by atoms with van der Waals surface area (Å²) >= 11 is 0. The number of nitrogens with one attached hydrogen (secondary N) is 1. The monoisotopic (exact) mass is 201 g/mol. The second-order valence-electron chi connectivity index (χ2n) is 2.44. The summed E-state index contributed by atoms with van der Waals surface area (Å²) in [6.07, 6.45) is 1.45. The largest absolute Gasteiger partial charge is 0.412 e. The average molecular weight is 201 g/mol. The van der Waals surface area contributed by atoms with E-state index in [1.807, 2.05) is 0 Å². The first-order chi connectivity index (χ1) is 5.70. The molecule has 0 fully saturated rings. The van der Waals surface area contributed by atoms with Crippen LogP contribution in [0.1, 0.15) is 0 Å². The Morgan fingerprint density at radius 1 is 1.50 bits per heavy atom. The summed E-state index contributed by atoms with van der Waals surface area (Å²) in [5.41, 5.74) is 6.17. The second-order valence-corrected chi connectivity index (χ2v) is 2.44. The van der Waals surface area contributed by atoms with Gasteiger partial charge in [0.2, 0.25) is 0 Å². The van der Waals surface area contributed by atoms with Gasteiger partial charge in [0, 0.05) is 7.05 Å². The van der Waals surface area contributed by atoms with Crippen LogP contribution in [0.3, 0.4) is 0 Å². The van der Waals surface area contributed by atoms with Gasteiger partial charge in [0.15, 0.2) is 5.65 Å². The van der Waals surface area contributed by atoms with Gasteiger partial charge in [-0.15, -0.1) is 0 Å². The van der Waals surface area contributed by atoms with Gasteiger partial charge in [0.25, 0.3) is 0 Å². The van der Waals surface area contributed by atoms with Gasteiger partial charge >= 0.3 is 5.69 Å². The molecule has 8 heteroatoms. The van der Waals surface area contributed by atoms with Gasteiger partial charge in [0.05, 0.1) is 6.33 Å². The van der Waals surface area contributed by atoms with Crippen LogP contribution in [-0.2, 0) is 7.05 Å². The van der Waals surface area contributed by atoms with E-state index in [9.17, 15) is 4.79 Å². The van der Waals surface area contributed by atoms with Crippen molar-refractivity contribution in [3.63, 3.8) is 0 Å². The van der Waals surface area contributed by atoms with Crippen molar-refractivity contribution in [3.8, 4) is 0 Å². The van der Waals surface area contributed by atoms with E-state index < -0.39 is 5.69 Å². The van der Waals surface area contributed by atoms with Crippen LogP contribution in [0.25, 0.3) is 11.2 Å². The summed E-state index contributed by atoms with van der Waals surface area (Å²) in [6, 6.07) is 0. The minimum absolute atomic E-state index is 0. The Morgan fingerprint density at radius 3 is 2.79 bits per heavy atom. The number of nitrogens with two attached hydrogens (primary N) is 1. The third-order valence-electron chi connectivity index (χ3n) is 1.73. The fourth-order valence-electron chi connectivity index (χ4n) is 0.997. The highest BCUT2D eigenvalue weighted by atomic mass is 16.1. The van der Waals surface area contributed by atoms with E-state index in [2.05, 4.69) is 15.0 Å². The molecule has 0 unspecified atom stereocenters. The Bertz CT molecular complexity index is 488. The van der Waals surface area contributed by atoms with Crippen molar-refractivity contribution in [1.82, 2.24) is 19.5 Å². The molecule has 0 aliphatic rings. The van der Waals surface area contributed by atoms with Crippen molar-refractivity contribution in [1.29, 1.82) is 0 Å². The van der Waals surface area contributed by atoms with Gasteiger partial charge in [0.1, 0.15) is 11.3 Å². The van der Waals surface area contributed by atoms with E-state index in [1.165, 1.54) is 10.9 Å². The summed E-state index contributed by atoms with van der Waals surface area (Å²) in [4.78, 5) is 21.4. The normalized spacial score (nSPS) is 9.21. The minimum Gasteiger partial charge on any atom is -0.412 e. The van der Waals surface area contributed by atoms with Crippen LogP contribution >= 0.6 is 0 Å². The molecular weight excluding hydrogens is 190 g/mol. The molecule has 2 aromatic rings. The van der Waals surface area contributed by atoms with Gasteiger partial charge in [-0.3, -0.25) is 4.57 Å². The van der Waals surface area contributed by atoms with E-state index in [4.69, 9.17) is 5.73 Å². The zero-order valence-electron chi connectivity index (χ0n) is 7.40. The third-order valence-corrected chi connectivity index (χ3v) is 1.73. The molecule has 14 heavy (non-hydrogen) atoms. The van der Waals surface area contributed by atoms with Crippen LogP contribution in [-0.4, -0.2) is 30.5 Å². The molecule has 0 aliphatic carbocycles. The zero-order chi connectivity index (χ0) is 8.72. The molecular formula is C6H11N5O3. The molecule has 7 N–H and O–H groups in total. The maximum atomic E-state index is 11.1. The van der Waals surface area contributed by atoms with Gasteiger partial charge in [-0.05, 0) is 0 Å². The standard InChI is InChI=1S/C6H7N5O.2H2O/c1-11-4(7)3-5(9-2-8-3)10-6(11)12;;/h2H,7H2,1H3,(H,8,9,10,12);2*1H2. The third kappa shape index (κ3) is 1.43. The second kappa shape index (κ2) is 3.85. The topological polar surface area (TPSA) is 153 Å². The van der Waals surface area contributed by atoms with Crippen LogP contribution in [0.15, 0.2) is 11.1 Å². The lowest BCUT2D eigenvalue weighted by Gasteiger charge is -2.00. The summed E-state index contributed by atoms with van der Waals surface area (Å²) < 4.78 is 1.26. The summed E-state index contributed by atoms with van der Waals surface area (Å²) in [5.74, 6) is 0.350. The molecule has 0 aliphatic heterocycles. The molecule has 2 rings (SSSR count). The molecule has 0 aromatic carbocycles. The highest BCUT2D eigenvalue weighted by Gasteiger charge is 2.06. The zero-order valence-corrected chi connectivity index (χ0v) is 7.40. The van der Waals surface area contributed by atoms with Crippen LogP contribution in [0, 0.1) is 0 Å². The molecule has 0 bridgehead atoms. The predicted octanol–water partition coefficient (Wildman–Crippen LogP) is -2.41. The summed E-state index contributed by atoms with van der Waals surface area (Å²) in [5, 5.41) is 0. The predicted molar refractivity (Wildman–Crippen MR) is 50.8 cm³/mol. The number of aromatic nitrogens is 4. The minimum atomic E-state index is -0.396. The lowest BCUT2D eigenvalue weighted by Crippen LogP contribution is -2.22. The number of rotatable bonds is 0. The van der Waals surface area contributed by atoms with Gasteiger partial charge in [-0.1, -0.05) is 0 Å². The highest BCUT2D eigenvalue weighted by Crippen LogP contribution is 2.09. The number of imidazole rings is 1. The van der Waals surface area contributed by atoms with Crippen molar-refractivity contribution < 1.29 is 11.0 Å². The first kappa shape index (κ1) is 12.1. The molecule has 8 nitrogen and oxygen atoms in total. The van der Waals surface area contributed by atoms with Crippen LogP contribution in [0.5, 0.6) is 0 Å².